The van der Waals surface area contributed by atoms with E-state index in [1.54, 1.807) is 18.2 Å². The molecule has 1 aliphatic heterocycles. The Kier molecular flexibility index (Phi) is 5.41. The number of hydrogen-bond donors (Lipinski definition) is 0. The van der Waals surface area contributed by atoms with Crippen LogP contribution in [0.2, 0.25) is 0 Å². The standard InChI is InChI=1S/C22H18N2O2S2/c1-26-18-9-7-15(8-10-18)11-13-24-21(25)19(28-22(24)27)14-17-5-2-4-16-6-3-12-23-20(16)17/h2-10,12,14H,11,13H2,1H3. The number of rotatable bonds is 5. The Morgan fingerprint density at radius 3 is 2.71 bits per heavy atom. The Morgan fingerprint density at radius 1 is 1.14 bits per heavy atom. The van der Waals surface area contributed by atoms with Crippen molar-refractivity contribution in [1.29, 1.82) is 0 Å². The molecule has 1 amide bonds. The Morgan fingerprint density at radius 2 is 1.93 bits per heavy atom. The van der Waals surface area contributed by atoms with Gasteiger partial charge in [0, 0.05) is 23.7 Å². The Balaban J connectivity index is 1.52. The largest absolute Gasteiger partial charge is 0.497 e. The Bertz CT molecular complexity index is 1070. The number of methoxy groups -OCH3 is 1. The van der Waals surface area contributed by atoms with E-state index in [0.717, 1.165) is 34.2 Å². The van der Waals surface area contributed by atoms with Crippen molar-refractivity contribution in [3.8, 4) is 5.75 Å². The van der Waals surface area contributed by atoms with Crippen LogP contribution >= 0.6 is 24.0 Å². The van der Waals surface area contributed by atoms with Crippen LogP contribution in [0.3, 0.4) is 0 Å². The Hall–Kier alpha value is -2.70. The van der Waals surface area contributed by atoms with E-state index in [-0.39, 0.29) is 5.91 Å². The SMILES string of the molecule is COc1ccc(CCN2C(=O)C(=Cc3cccc4cccnc34)SC2=S)cc1. The average molecular weight is 407 g/mol. The number of thioether (sulfide) groups is 1. The lowest BCUT2D eigenvalue weighted by atomic mass is 10.1. The van der Waals surface area contributed by atoms with Crippen molar-refractivity contribution in [2.75, 3.05) is 13.7 Å². The molecular formula is C22H18N2O2S2. The van der Waals surface area contributed by atoms with Gasteiger partial charge in [-0.2, -0.15) is 0 Å². The highest BCUT2D eigenvalue weighted by atomic mass is 32.2. The minimum atomic E-state index is -0.0450. The van der Waals surface area contributed by atoms with Gasteiger partial charge >= 0.3 is 0 Å². The predicted molar refractivity (Wildman–Crippen MR) is 118 cm³/mol. The summed E-state index contributed by atoms with van der Waals surface area (Å²) in [5.74, 6) is 0.775. The van der Waals surface area contributed by atoms with Gasteiger partial charge in [-0.05, 0) is 36.3 Å². The molecule has 0 unspecified atom stereocenters. The minimum absolute atomic E-state index is 0.0450. The third kappa shape index (κ3) is 3.79. The number of carbonyl (C=O) groups excluding carboxylic acids is 1. The summed E-state index contributed by atoms with van der Waals surface area (Å²) in [6.45, 7) is 0.558. The van der Waals surface area contributed by atoms with E-state index in [0.29, 0.717) is 15.8 Å². The quantitative estimate of drug-likeness (QED) is 0.454. The summed E-state index contributed by atoms with van der Waals surface area (Å²) in [6, 6.07) is 17.7. The number of pyridine rings is 1. The Labute approximate surface area is 173 Å². The third-order valence-electron chi connectivity index (χ3n) is 4.61. The maximum absolute atomic E-state index is 12.9. The first kappa shape index (κ1) is 18.7. The molecule has 1 saturated heterocycles. The number of thiocarbonyl (C=S) groups is 1. The highest BCUT2D eigenvalue weighted by Crippen LogP contribution is 2.33. The summed E-state index contributed by atoms with van der Waals surface area (Å²) >= 11 is 6.80. The van der Waals surface area contributed by atoms with E-state index in [1.165, 1.54) is 11.8 Å². The van der Waals surface area contributed by atoms with Crippen LogP contribution in [0.5, 0.6) is 5.75 Å². The van der Waals surface area contributed by atoms with Crippen LogP contribution in [0, 0.1) is 0 Å². The molecule has 1 fully saturated rings. The zero-order chi connectivity index (χ0) is 19.5. The van der Waals surface area contributed by atoms with E-state index in [4.69, 9.17) is 17.0 Å². The van der Waals surface area contributed by atoms with Crippen molar-refractivity contribution in [2.45, 2.75) is 6.42 Å². The van der Waals surface area contributed by atoms with E-state index in [2.05, 4.69) is 4.98 Å². The summed E-state index contributed by atoms with van der Waals surface area (Å²) in [6.07, 6.45) is 4.39. The van der Waals surface area contributed by atoms with Gasteiger partial charge in [-0.25, -0.2) is 0 Å². The van der Waals surface area contributed by atoms with Gasteiger partial charge in [0.25, 0.3) is 5.91 Å². The van der Waals surface area contributed by atoms with E-state index < -0.39 is 0 Å². The highest BCUT2D eigenvalue weighted by molar-refractivity contribution is 8.26. The van der Waals surface area contributed by atoms with E-state index in [9.17, 15) is 4.79 Å². The van der Waals surface area contributed by atoms with Gasteiger partial charge in [0.05, 0.1) is 17.5 Å². The topological polar surface area (TPSA) is 42.4 Å². The molecule has 28 heavy (non-hydrogen) atoms. The fourth-order valence-electron chi connectivity index (χ4n) is 3.11. The monoisotopic (exact) mass is 406 g/mol. The zero-order valence-electron chi connectivity index (χ0n) is 15.3. The van der Waals surface area contributed by atoms with Crippen molar-refractivity contribution in [1.82, 2.24) is 9.88 Å². The first-order valence-electron chi connectivity index (χ1n) is 8.88. The van der Waals surface area contributed by atoms with Gasteiger partial charge in [-0.3, -0.25) is 14.7 Å². The third-order valence-corrected chi connectivity index (χ3v) is 5.99. The summed E-state index contributed by atoms with van der Waals surface area (Å²) in [5.41, 5.74) is 2.94. The van der Waals surface area contributed by atoms with Crippen molar-refractivity contribution >= 4 is 51.2 Å². The van der Waals surface area contributed by atoms with Gasteiger partial charge in [0.1, 0.15) is 10.1 Å². The molecule has 2 aromatic carbocycles. The van der Waals surface area contributed by atoms with Gasteiger partial charge in [0.15, 0.2) is 0 Å². The average Bonchev–Trinajstić information content (AvgIpc) is 3.00. The van der Waals surface area contributed by atoms with Gasteiger partial charge in [-0.1, -0.05) is 60.4 Å². The fourth-order valence-corrected chi connectivity index (χ4v) is 4.41. The molecule has 0 radical (unpaired) electrons. The number of nitrogens with zero attached hydrogens (tertiary/aromatic N) is 2. The molecule has 1 aromatic heterocycles. The minimum Gasteiger partial charge on any atom is -0.497 e. The maximum Gasteiger partial charge on any atom is 0.266 e. The molecule has 0 aliphatic carbocycles. The summed E-state index contributed by atoms with van der Waals surface area (Å²) in [4.78, 5) is 19.7. The molecule has 0 N–H and O–H groups in total. The van der Waals surface area contributed by atoms with Crippen LogP contribution < -0.4 is 4.74 Å². The molecule has 0 atom stereocenters. The first-order chi connectivity index (χ1) is 13.7. The molecule has 4 nitrogen and oxygen atoms in total. The van der Waals surface area contributed by atoms with Crippen molar-refractivity contribution in [2.24, 2.45) is 0 Å². The molecule has 0 saturated carbocycles. The second-order valence-electron chi connectivity index (χ2n) is 6.35. The lowest BCUT2D eigenvalue weighted by Crippen LogP contribution is -2.30. The van der Waals surface area contributed by atoms with Crippen molar-refractivity contribution in [3.05, 3.63) is 76.8 Å². The van der Waals surface area contributed by atoms with Crippen molar-refractivity contribution in [3.63, 3.8) is 0 Å². The second kappa shape index (κ2) is 8.12. The van der Waals surface area contributed by atoms with Gasteiger partial charge in [-0.15, -0.1) is 0 Å². The van der Waals surface area contributed by atoms with Crippen LogP contribution in [0.1, 0.15) is 11.1 Å². The highest BCUT2D eigenvalue weighted by Gasteiger charge is 2.31. The molecular weight excluding hydrogens is 388 g/mol. The molecule has 6 heteroatoms. The zero-order valence-corrected chi connectivity index (χ0v) is 16.9. The second-order valence-corrected chi connectivity index (χ2v) is 8.03. The molecule has 0 bridgehead atoms. The summed E-state index contributed by atoms with van der Waals surface area (Å²) < 4.78 is 5.78. The molecule has 140 valence electrons. The number of para-hydroxylation sites is 1. The van der Waals surface area contributed by atoms with Crippen LogP contribution in [-0.4, -0.2) is 33.8 Å². The molecule has 2 heterocycles. The molecule has 0 spiro atoms. The number of fused-ring (bicyclic) bond motifs is 1. The molecule has 3 aromatic rings. The normalized spacial score (nSPS) is 15.6. The lowest BCUT2D eigenvalue weighted by molar-refractivity contribution is -0.122. The molecule has 1 aliphatic rings. The first-order valence-corrected chi connectivity index (χ1v) is 10.1. The van der Waals surface area contributed by atoms with E-state index in [1.807, 2.05) is 60.7 Å². The van der Waals surface area contributed by atoms with Crippen LogP contribution in [-0.2, 0) is 11.2 Å². The lowest BCUT2D eigenvalue weighted by Gasteiger charge is -2.14. The number of benzene rings is 2. The number of amides is 1. The number of carbonyl (C=O) groups is 1. The van der Waals surface area contributed by atoms with Crippen molar-refractivity contribution < 1.29 is 9.53 Å². The summed E-state index contributed by atoms with van der Waals surface area (Å²) in [7, 11) is 1.65. The van der Waals surface area contributed by atoms with Crippen LogP contribution in [0.4, 0.5) is 0 Å². The fraction of sp³-hybridized carbons (Fsp3) is 0.136. The van der Waals surface area contributed by atoms with Crippen LogP contribution in [0.25, 0.3) is 17.0 Å². The van der Waals surface area contributed by atoms with Gasteiger partial charge in [0.2, 0.25) is 0 Å². The smallest absolute Gasteiger partial charge is 0.266 e. The van der Waals surface area contributed by atoms with Crippen LogP contribution in [0.15, 0.2) is 65.7 Å². The predicted octanol–water partition coefficient (Wildman–Crippen LogP) is 4.69. The number of aromatic nitrogens is 1. The number of hydrogen-bond acceptors (Lipinski definition) is 5. The van der Waals surface area contributed by atoms with Gasteiger partial charge < -0.3 is 4.74 Å². The maximum atomic E-state index is 12.9. The number of ether oxygens (including phenoxy) is 1. The molecule has 4 rings (SSSR count). The summed E-state index contributed by atoms with van der Waals surface area (Å²) in [5, 5.41) is 1.05. The van der Waals surface area contributed by atoms with E-state index >= 15 is 0 Å².